The number of amides is 3. The summed E-state index contributed by atoms with van der Waals surface area (Å²) in [4.78, 5) is 43.2. The molecular formula is C26H22BrN3O6S. The zero-order valence-electron chi connectivity index (χ0n) is 19.9. The zero-order chi connectivity index (χ0) is 26.4. The van der Waals surface area contributed by atoms with E-state index in [1.54, 1.807) is 55.8 Å². The Bertz CT molecular complexity index is 1350. The van der Waals surface area contributed by atoms with Gasteiger partial charge in [-0.1, -0.05) is 6.07 Å². The molecule has 1 aliphatic rings. The predicted molar refractivity (Wildman–Crippen MR) is 144 cm³/mol. The molecule has 1 aliphatic heterocycles. The van der Waals surface area contributed by atoms with Gasteiger partial charge in [0.15, 0.2) is 11.5 Å². The van der Waals surface area contributed by atoms with Crippen LogP contribution in [0, 0.1) is 0 Å². The first kappa shape index (κ1) is 26.2. The summed E-state index contributed by atoms with van der Waals surface area (Å²) in [7, 11) is 3.05. The van der Waals surface area contributed by atoms with E-state index >= 15 is 0 Å². The molecule has 1 aromatic heterocycles. The molecule has 190 valence electrons. The first-order valence-corrected chi connectivity index (χ1v) is 12.6. The summed E-state index contributed by atoms with van der Waals surface area (Å²) < 4.78 is 17.1. The lowest BCUT2D eigenvalue weighted by Gasteiger charge is -2.14. The molecule has 1 saturated heterocycles. The molecule has 4 rings (SSSR count). The molecule has 37 heavy (non-hydrogen) atoms. The number of nitrogens with one attached hydrogen (secondary N) is 1. The van der Waals surface area contributed by atoms with Crippen LogP contribution in [0.25, 0.3) is 6.08 Å². The Balaban J connectivity index is 1.45. The number of hydrogen-bond acceptors (Lipinski definition) is 8. The smallest absolute Gasteiger partial charge is 0.294 e. The van der Waals surface area contributed by atoms with Gasteiger partial charge in [0.1, 0.15) is 18.9 Å². The van der Waals surface area contributed by atoms with Gasteiger partial charge >= 0.3 is 0 Å². The summed E-state index contributed by atoms with van der Waals surface area (Å²) in [6.07, 6.45) is 3.26. The van der Waals surface area contributed by atoms with Gasteiger partial charge in [0, 0.05) is 11.9 Å². The van der Waals surface area contributed by atoms with Crippen molar-refractivity contribution in [1.82, 2.24) is 9.88 Å². The van der Waals surface area contributed by atoms with E-state index < -0.39 is 23.6 Å². The quantitative estimate of drug-likeness (QED) is 0.346. The highest BCUT2D eigenvalue weighted by Crippen LogP contribution is 2.39. The average Bonchev–Trinajstić information content (AvgIpc) is 3.16. The third-order valence-electron chi connectivity index (χ3n) is 5.19. The fourth-order valence-corrected chi connectivity index (χ4v) is 4.81. The Kier molecular flexibility index (Phi) is 8.47. The number of methoxy groups -OCH3 is 2. The summed E-state index contributed by atoms with van der Waals surface area (Å²) in [6, 6.07) is 15.7. The third-order valence-corrected chi connectivity index (χ3v) is 6.69. The van der Waals surface area contributed by atoms with Gasteiger partial charge in [-0.3, -0.25) is 24.3 Å². The first-order valence-electron chi connectivity index (χ1n) is 11.0. The van der Waals surface area contributed by atoms with Crippen LogP contribution in [0.3, 0.4) is 0 Å². The molecule has 0 atom stereocenters. The highest BCUT2D eigenvalue weighted by atomic mass is 79.9. The van der Waals surface area contributed by atoms with Crippen molar-refractivity contribution >= 4 is 56.5 Å². The van der Waals surface area contributed by atoms with Crippen LogP contribution < -0.4 is 19.5 Å². The summed E-state index contributed by atoms with van der Waals surface area (Å²) in [5.74, 6) is 0.520. The van der Waals surface area contributed by atoms with Gasteiger partial charge in [-0.15, -0.1) is 0 Å². The molecule has 1 N–H and O–H groups in total. The van der Waals surface area contributed by atoms with Crippen LogP contribution in [-0.2, 0) is 16.2 Å². The molecule has 0 bridgehead atoms. The molecule has 0 spiro atoms. The van der Waals surface area contributed by atoms with Crippen molar-refractivity contribution in [2.24, 2.45) is 0 Å². The Morgan fingerprint density at radius 3 is 2.57 bits per heavy atom. The number of rotatable bonds is 9. The Morgan fingerprint density at radius 2 is 1.89 bits per heavy atom. The van der Waals surface area contributed by atoms with Gasteiger partial charge in [0.2, 0.25) is 5.91 Å². The number of imide groups is 1. The largest absolute Gasteiger partial charge is 0.497 e. The normalized spacial score (nSPS) is 14.1. The second-order valence-electron chi connectivity index (χ2n) is 7.69. The lowest BCUT2D eigenvalue weighted by atomic mass is 10.2. The molecule has 11 heteroatoms. The van der Waals surface area contributed by atoms with Gasteiger partial charge in [-0.2, -0.15) is 0 Å². The van der Waals surface area contributed by atoms with Gasteiger partial charge in [-0.25, -0.2) is 0 Å². The van der Waals surface area contributed by atoms with Gasteiger partial charge in [0.25, 0.3) is 11.1 Å². The molecule has 1 fully saturated rings. The lowest BCUT2D eigenvalue weighted by Crippen LogP contribution is -2.36. The maximum atomic E-state index is 12.9. The van der Waals surface area contributed by atoms with Gasteiger partial charge in [-0.05, 0) is 87.9 Å². The topological polar surface area (TPSA) is 107 Å². The van der Waals surface area contributed by atoms with Crippen molar-refractivity contribution in [3.63, 3.8) is 0 Å². The average molecular weight is 584 g/mol. The van der Waals surface area contributed by atoms with E-state index in [1.807, 2.05) is 18.2 Å². The number of halogens is 1. The number of carbonyl (C=O) groups excluding carboxylic acids is 3. The number of nitrogens with zero attached hydrogens (tertiary/aromatic N) is 2. The summed E-state index contributed by atoms with van der Waals surface area (Å²) in [5, 5.41) is 2.14. The molecule has 3 aromatic rings. The first-order chi connectivity index (χ1) is 17.9. The summed E-state index contributed by atoms with van der Waals surface area (Å²) in [6.45, 7) is -0.159. The van der Waals surface area contributed by atoms with Gasteiger partial charge in [0.05, 0.1) is 29.3 Å². The Morgan fingerprint density at radius 1 is 1.11 bits per heavy atom. The van der Waals surface area contributed by atoms with Crippen molar-refractivity contribution in [3.05, 3.63) is 81.4 Å². The van der Waals surface area contributed by atoms with Crippen LogP contribution >= 0.6 is 27.7 Å². The van der Waals surface area contributed by atoms with Crippen LogP contribution in [0.2, 0.25) is 0 Å². The molecule has 0 saturated carbocycles. The van der Waals surface area contributed by atoms with E-state index in [0.29, 0.717) is 33.0 Å². The minimum absolute atomic E-state index is 0.193. The van der Waals surface area contributed by atoms with E-state index in [9.17, 15) is 14.4 Å². The zero-order valence-corrected chi connectivity index (χ0v) is 22.3. The fraction of sp³-hybridized carbons (Fsp3) is 0.154. The van der Waals surface area contributed by atoms with Crippen molar-refractivity contribution in [3.8, 4) is 17.2 Å². The minimum atomic E-state index is -0.551. The molecule has 2 heterocycles. The van der Waals surface area contributed by atoms with E-state index in [4.69, 9.17) is 14.2 Å². The van der Waals surface area contributed by atoms with E-state index in [1.165, 1.54) is 7.11 Å². The number of thioether (sulfide) groups is 1. The molecular weight excluding hydrogens is 562 g/mol. The second-order valence-corrected chi connectivity index (χ2v) is 9.54. The van der Waals surface area contributed by atoms with E-state index in [-0.39, 0.29) is 11.5 Å². The van der Waals surface area contributed by atoms with Crippen LogP contribution in [0.5, 0.6) is 17.2 Å². The summed E-state index contributed by atoms with van der Waals surface area (Å²) >= 11 is 4.26. The number of carbonyl (C=O) groups is 3. The molecule has 0 aliphatic carbocycles. The number of anilines is 1. The van der Waals surface area contributed by atoms with Crippen molar-refractivity contribution < 1.29 is 28.6 Å². The predicted octanol–water partition coefficient (Wildman–Crippen LogP) is 5.12. The van der Waals surface area contributed by atoms with Crippen LogP contribution in [-0.4, -0.2) is 47.7 Å². The highest BCUT2D eigenvalue weighted by Gasteiger charge is 2.36. The third kappa shape index (κ3) is 6.49. The number of aromatic nitrogens is 1. The monoisotopic (exact) mass is 583 g/mol. The van der Waals surface area contributed by atoms with E-state index in [0.717, 1.165) is 22.4 Å². The van der Waals surface area contributed by atoms with Crippen molar-refractivity contribution in [2.45, 2.75) is 6.61 Å². The molecule has 0 unspecified atom stereocenters. The Hall–Kier alpha value is -3.83. The standard InChI is InChI=1S/C26H22BrN3O6S/c1-34-19-8-6-17(7-9-19)29-23(31)14-30-25(32)22(37-26(30)33)13-16-11-20(27)24(21(12-16)35-2)36-15-18-5-3-4-10-28-18/h3-13H,14-15H2,1-2H3,(H,29,31)/b22-13+. The fourth-order valence-electron chi connectivity index (χ4n) is 3.40. The number of pyridine rings is 1. The van der Waals surface area contributed by atoms with Crippen LogP contribution in [0.1, 0.15) is 11.3 Å². The van der Waals surface area contributed by atoms with E-state index in [2.05, 4.69) is 26.2 Å². The summed E-state index contributed by atoms with van der Waals surface area (Å²) in [5.41, 5.74) is 1.89. The van der Waals surface area contributed by atoms with Gasteiger partial charge < -0.3 is 19.5 Å². The highest BCUT2D eigenvalue weighted by molar-refractivity contribution is 9.10. The Labute approximate surface area is 225 Å². The van der Waals surface area contributed by atoms with Crippen molar-refractivity contribution in [2.75, 3.05) is 26.1 Å². The molecule has 0 radical (unpaired) electrons. The second kappa shape index (κ2) is 11.9. The maximum Gasteiger partial charge on any atom is 0.294 e. The minimum Gasteiger partial charge on any atom is -0.497 e. The molecule has 9 nitrogen and oxygen atoms in total. The number of hydrogen-bond donors (Lipinski definition) is 1. The van der Waals surface area contributed by atoms with Crippen molar-refractivity contribution in [1.29, 1.82) is 0 Å². The van der Waals surface area contributed by atoms with Crippen LogP contribution in [0.15, 0.2) is 70.2 Å². The maximum absolute atomic E-state index is 12.9. The van der Waals surface area contributed by atoms with Crippen LogP contribution in [0.4, 0.5) is 10.5 Å². The molecule has 2 aromatic carbocycles. The number of ether oxygens (including phenoxy) is 3. The SMILES string of the molecule is COc1ccc(NC(=O)CN2C(=O)S/C(=C/c3cc(Br)c(OCc4ccccn4)c(OC)c3)C2=O)cc1. The number of benzene rings is 2. The lowest BCUT2D eigenvalue weighted by molar-refractivity contribution is -0.127. The molecule has 3 amide bonds.